The fourth-order valence-corrected chi connectivity index (χ4v) is 3.60. The van der Waals surface area contributed by atoms with Gasteiger partial charge in [0, 0.05) is 28.2 Å². The summed E-state index contributed by atoms with van der Waals surface area (Å²) in [7, 11) is 0. The van der Waals surface area contributed by atoms with Crippen LogP contribution in [0.1, 0.15) is 44.7 Å². The fraction of sp³-hybridized carbons (Fsp3) is 0.391. The Morgan fingerprint density at radius 2 is 1.59 bits per heavy atom. The molecule has 6 heteroatoms. The first-order valence-corrected chi connectivity index (χ1v) is 10.7. The molecule has 0 fully saturated rings. The lowest BCUT2D eigenvalue weighted by atomic mass is 10.1. The number of benzene rings is 2. The van der Waals surface area contributed by atoms with Crippen molar-refractivity contribution in [3.05, 3.63) is 69.7 Å². The van der Waals surface area contributed by atoms with Crippen LogP contribution in [0.3, 0.4) is 0 Å². The third-order valence-corrected chi connectivity index (χ3v) is 5.68. The van der Waals surface area contributed by atoms with Crippen molar-refractivity contribution in [1.82, 2.24) is 10.2 Å². The van der Waals surface area contributed by atoms with Crippen LogP contribution in [0.2, 0.25) is 10.0 Å². The van der Waals surface area contributed by atoms with Crippen molar-refractivity contribution < 1.29 is 9.59 Å². The van der Waals surface area contributed by atoms with Gasteiger partial charge in [-0.2, -0.15) is 0 Å². The molecule has 0 saturated carbocycles. The quantitative estimate of drug-likeness (QED) is 0.584. The predicted octanol–water partition coefficient (Wildman–Crippen LogP) is 5.26. The summed E-state index contributed by atoms with van der Waals surface area (Å²) >= 11 is 12.7. The first kappa shape index (κ1) is 23.2. The maximum atomic E-state index is 13.3. The lowest BCUT2D eigenvalue weighted by molar-refractivity contribution is -0.141. The molecule has 156 valence electrons. The normalized spacial score (nSPS) is 12.9. The van der Waals surface area contributed by atoms with E-state index in [-0.39, 0.29) is 30.8 Å². The van der Waals surface area contributed by atoms with Gasteiger partial charge in [0.15, 0.2) is 0 Å². The molecular weight excluding hydrogens is 407 g/mol. The highest BCUT2D eigenvalue weighted by Crippen LogP contribution is 2.27. The summed E-state index contributed by atoms with van der Waals surface area (Å²) in [5.41, 5.74) is 1.54. The topological polar surface area (TPSA) is 49.4 Å². The average molecular weight is 435 g/mol. The fourth-order valence-electron chi connectivity index (χ4n) is 3.09. The van der Waals surface area contributed by atoms with E-state index in [9.17, 15) is 9.59 Å². The van der Waals surface area contributed by atoms with Gasteiger partial charge in [0.25, 0.3) is 0 Å². The second-order valence-corrected chi connectivity index (χ2v) is 7.94. The average Bonchev–Trinajstić information content (AvgIpc) is 2.70. The molecule has 0 aliphatic carbocycles. The van der Waals surface area contributed by atoms with E-state index >= 15 is 0 Å². The zero-order valence-electron chi connectivity index (χ0n) is 17.1. The monoisotopic (exact) mass is 434 g/mol. The van der Waals surface area contributed by atoms with Gasteiger partial charge in [0.05, 0.1) is 6.42 Å². The van der Waals surface area contributed by atoms with Crippen molar-refractivity contribution >= 4 is 35.0 Å². The van der Waals surface area contributed by atoms with Gasteiger partial charge in [-0.1, -0.05) is 73.4 Å². The molecule has 2 amide bonds. The summed E-state index contributed by atoms with van der Waals surface area (Å²) in [6.45, 7) is 6.04. The molecule has 29 heavy (non-hydrogen) atoms. The van der Waals surface area contributed by atoms with Gasteiger partial charge < -0.3 is 10.2 Å². The first-order chi connectivity index (χ1) is 13.9. The molecule has 2 aromatic rings. The van der Waals surface area contributed by atoms with Crippen LogP contribution in [0.5, 0.6) is 0 Å². The zero-order chi connectivity index (χ0) is 21.4. The summed E-state index contributed by atoms with van der Waals surface area (Å²) in [6, 6.07) is 14.2. The Balaban J connectivity index is 2.35. The van der Waals surface area contributed by atoms with Crippen molar-refractivity contribution in [3.8, 4) is 0 Å². The number of hydrogen-bond acceptors (Lipinski definition) is 2. The number of amides is 2. The SMILES string of the molecule is CC[C@H](C)NC(=O)[C@H](CC)N(Cc1c(Cl)cccc1Cl)C(=O)Cc1ccccc1. The molecule has 0 heterocycles. The van der Waals surface area contributed by atoms with Gasteiger partial charge in [0.1, 0.15) is 6.04 Å². The molecule has 0 unspecified atom stereocenters. The molecule has 0 saturated heterocycles. The van der Waals surface area contributed by atoms with Gasteiger partial charge >= 0.3 is 0 Å². The van der Waals surface area contributed by atoms with E-state index in [1.54, 1.807) is 23.1 Å². The number of carbonyl (C=O) groups is 2. The Morgan fingerprint density at radius 3 is 2.14 bits per heavy atom. The Bertz CT molecular complexity index is 807. The molecule has 0 radical (unpaired) electrons. The van der Waals surface area contributed by atoms with Crippen LogP contribution in [0.15, 0.2) is 48.5 Å². The predicted molar refractivity (Wildman–Crippen MR) is 119 cm³/mol. The zero-order valence-corrected chi connectivity index (χ0v) is 18.6. The van der Waals surface area contributed by atoms with Crippen molar-refractivity contribution in [2.45, 2.75) is 58.7 Å². The van der Waals surface area contributed by atoms with E-state index in [4.69, 9.17) is 23.2 Å². The number of rotatable bonds is 9. The molecule has 2 aromatic carbocycles. The molecule has 2 rings (SSSR count). The van der Waals surface area contributed by atoms with Gasteiger partial charge in [-0.25, -0.2) is 0 Å². The van der Waals surface area contributed by atoms with Gasteiger partial charge in [0.2, 0.25) is 11.8 Å². The highest BCUT2D eigenvalue weighted by molar-refractivity contribution is 6.36. The minimum atomic E-state index is -0.604. The lowest BCUT2D eigenvalue weighted by Crippen LogP contribution is -2.51. The summed E-state index contributed by atoms with van der Waals surface area (Å²) in [5.74, 6) is -0.301. The third kappa shape index (κ3) is 6.48. The van der Waals surface area contributed by atoms with E-state index < -0.39 is 6.04 Å². The van der Waals surface area contributed by atoms with Crippen molar-refractivity contribution in [1.29, 1.82) is 0 Å². The Kier molecular flexibility index (Phi) is 8.99. The Hall–Kier alpha value is -2.04. The number of carbonyl (C=O) groups excluding carboxylic acids is 2. The Morgan fingerprint density at radius 1 is 0.966 bits per heavy atom. The summed E-state index contributed by atoms with van der Waals surface area (Å²) < 4.78 is 0. The number of hydrogen-bond donors (Lipinski definition) is 1. The molecule has 4 nitrogen and oxygen atoms in total. The largest absolute Gasteiger partial charge is 0.352 e. The van der Waals surface area contributed by atoms with Gasteiger partial charge in [-0.15, -0.1) is 0 Å². The van der Waals surface area contributed by atoms with Crippen molar-refractivity contribution in [2.75, 3.05) is 0 Å². The second kappa shape index (κ2) is 11.2. The van der Waals surface area contributed by atoms with E-state index in [2.05, 4.69) is 5.32 Å². The Labute approximate surface area is 183 Å². The number of nitrogens with one attached hydrogen (secondary N) is 1. The van der Waals surface area contributed by atoms with Crippen molar-refractivity contribution in [2.24, 2.45) is 0 Å². The lowest BCUT2D eigenvalue weighted by Gasteiger charge is -2.32. The minimum absolute atomic E-state index is 0.0338. The van der Waals surface area contributed by atoms with E-state index in [1.807, 2.05) is 51.1 Å². The number of nitrogens with zero attached hydrogens (tertiary/aromatic N) is 1. The second-order valence-electron chi connectivity index (χ2n) is 7.13. The van der Waals surface area contributed by atoms with Crippen LogP contribution in [0, 0.1) is 0 Å². The van der Waals surface area contributed by atoms with Crippen LogP contribution in [-0.4, -0.2) is 28.8 Å². The van der Waals surface area contributed by atoms with E-state index in [0.29, 0.717) is 22.0 Å². The standard InChI is InChI=1S/C23H28Cl2N2O2/c1-4-16(3)26-23(29)21(5-2)27(15-18-19(24)12-9-13-20(18)25)22(28)14-17-10-7-6-8-11-17/h6-13,16,21H,4-5,14-15H2,1-3H3,(H,26,29)/t16-,21-/m0/s1. The third-order valence-electron chi connectivity index (χ3n) is 4.98. The highest BCUT2D eigenvalue weighted by Gasteiger charge is 2.30. The highest BCUT2D eigenvalue weighted by atomic mass is 35.5. The maximum Gasteiger partial charge on any atom is 0.243 e. The van der Waals surface area contributed by atoms with Gasteiger partial charge in [-0.05, 0) is 37.5 Å². The molecule has 2 atom stereocenters. The van der Waals surface area contributed by atoms with Gasteiger partial charge in [-0.3, -0.25) is 9.59 Å². The minimum Gasteiger partial charge on any atom is -0.352 e. The molecule has 0 aromatic heterocycles. The smallest absolute Gasteiger partial charge is 0.243 e. The molecule has 0 spiro atoms. The number of halogens is 2. The summed E-state index contributed by atoms with van der Waals surface area (Å²) in [4.78, 5) is 27.8. The molecule has 0 aliphatic rings. The summed E-state index contributed by atoms with van der Waals surface area (Å²) in [5, 5.41) is 3.95. The summed E-state index contributed by atoms with van der Waals surface area (Å²) in [6.07, 6.45) is 1.51. The first-order valence-electron chi connectivity index (χ1n) is 9.94. The molecule has 0 aliphatic heterocycles. The van der Waals surface area contributed by atoms with Crippen molar-refractivity contribution in [3.63, 3.8) is 0 Å². The van der Waals surface area contributed by atoms with Crippen LogP contribution >= 0.6 is 23.2 Å². The van der Waals surface area contributed by atoms with Crippen LogP contribution in [0.4, 0.5) is 0 Å². The maximum absolute atomic E-state index is 13.3. The molecule has 0 bridgehead atoms. The van der Waals surface area contributed by atoms with E-state index in [0.717, 1.165) is 12.0 Å². The van der Waals surface area contributed by atoms with Crippen LogP contribution in [0.25, 0.3) is 0 Å². The molecule has 1 N–H and O–H groups in total. The van der Waals surface area contributed by atoms with Crippen LogP contribution < -0.4 is 5.32 Å². The molecular formula is C23H28Cl2N2O2. The van der Waals surface area contributed by atoms with Crippen LogP contribution in [-0.2, 0) is 22.6 Å². The van der Waals surface area contributed by atoms with E-state index in [1.165, 1.54) is 0 Å².